The van der Waals surface area contributed by atoms with Crippen molar-refractivity contribution in [2.75, 3.05) is 31.1 Å². The number of rotatable bonds is 1. The van der Waals surface area contributed by atoms with Crippen molar-refractivity contribution in [2.24, 2.45) is 0 Å². The van der Waals surface area contributed by atoms with Crippen molar-refractivity contribution in [1.82, 2.24) is 10.3 Å². The summed E-state index contributed by atoms with van der Waals surface area (Å²) in [6, 6.07) is 5.73. The largest absolute Gasteiger partial charge is 0.368 e. The first-order chi connectivity index (χ1) is 6.90. The molecule has 1 N–H and O–H groups in total. The molecular formula is C10H15Cl3N4. The minimum atomic E-state index is 0. The van der Waals surface area contributed by atoms with Gasteiger partial charge in [-0.05, 0) is 12.1 Å². The molecule has 1 aromatic heterocycles. The molecule has 0 unspecified atom stereocenters. The van der Waals surface area contributed by atoms with Crippen LogP contribution in [0.2, 0.25) is 0 Å². The smallest absolute Gasteiger partial charge is 0.140 e. The van der Waals surface area contributed by atoms with Gasteiger partial charge in [0.25, 0.3) is 0 Å². The van der Waals surface area contributed by atoms with Crippen molar-refractivity contribution >= 4 is 42.9 Å². The van der Waals surface area contributed by atoms with E-state index >= 15 is 0 Å². The molecule has 0 aliphatic carbocycles. The first kappa shape index (κ1) is 18.6. The number of anilines is 1. The molecule has 1 aliphatic heterocycles. The number of hydrogen-bond acceptors (Lipinski definition) is 4. The highest BCUT2D eigenvalue weighted by Gasteiger charge is 2.09. The van der Waals surface area contributed by atoms with Gasteiger partial charge < -0.3 is 10.2 Å². The molecule has 0 radical (unpaired) electrons. The molecule has 0 saturated carbocycles. The van der Waals surface area contributed by atoms with Crippen LogP contribution >= 0.6 is 37.2 Å². The molecule has 1 aromatic rings. The van der Waals surface area contributed by atoms with Crippen LogP contribution in [-0.2, 0) is 0 Å². The maximum absolute atomic E-state index is 8.60. The van der Waals surface area contributed by atoms with E-state index in [1.807, 2.05) is 12.1 Å². The summed E-state index contributed by atoms with van der Waals surface area (Å²) in [5, 5.41) is 11.9. The van der Waals surface area contributed by atoms with Crippen LogP contribution in [0.1, 0.15) is 5.69 Å². The fraction of sp³-hybridized carbons (Fsp3) is 0.400. The van der Waals surface area contributed by atoms with Crippen molar-refractivity contribution in [3.05, 3.63) is 24.0 Å². The minimum Gasteiger partial charge on any atom is -0.368 e. The molecule has 17 heavy (non-hydrogen) atoms. The van der Waals surface area contributed by atoms with Crippen molar-refractivity contribution in [3.8, 4) is 6.07 Å². The zero-order valence-corrected chi connectivity index (χ0v) is 11.6. The molecular weight excluding hydrogens is 282 g/mol. The Hall–Kier alpha value is -0.730. The lowest BCUT2D eigenvalue weighted by Gasteiger charge is -2.28. The fourth-order valence-corrected chi connectivity index (χ4v) is 1.56. The van der Waals surface area contributed by atoms with Gasteiger partial charge in [-0.3, -0.25) is 0 Å². The van der Waals surface area contributed by atoms with Crippen molar-refractivity contribution < 1.29 is 0 Å². The quantitative estimate of drug-likeness (QED) is 0.856. The third-order valence-corrected chi connectivity index (χ3v) is 2.34. The van der Waals surface area contributed by atoms with Gasteiger partial charge in [-0.25, -0.2) is 4.98 Å². The Morgan fingerprint density at radius 2 is 1.82 bits per heavy atom. The predicted octanol–water partition coefficient (Wildman–Crippen LogP) is 1.63. The molecule has 7 heteroatoms. The average Bonchev–Trinajstić information content (AvgIpc) is 2.30. The monoisotopic (exact) mass is 296 g/mol. The first-order valence-electron chi connectivity index (χ1n) is 4.72. The fourth-order valence-electron chi connectivity index (χ4n) is 1.56. The second kappa shape index (κ2) is 9.32. The van der Waals surface area contributed by atoms with Crippen LogP contribution in [0.5, 0.6) is 0 Å². The lowest BCUT2D eigenvalue weighted by Crippen LogP contribution is -2.43. The van der Waals surface area contributed by atoms with Gasteiger partial charge in [0.1, 0.15) is 11.8 Å². The summed E-state index contributed by atoms with van der Waals surface area (Å²) in [4.78, 5) is 6.32. The van der Waals surface area contributed by atoms with E-state index in [-0.39, 0.29) is 37.2 Å². The summed E-state index contributed by atoms with van der Waals surface area (Å²) in [5.74, 6) is 0. The maximum Gasteiger partial charge on any atom is 0.140 e. The Bertz CT molecular complexity index is 344. The van der Waals surface area contributed by atoms with Crippen molar-refractivity contribution in [3.63, 3.8) is 0 Å². The molecule has 1 fully saturated rings. The highest BCUT2D eigenvalue weighted by Crippen LogP contribution is 2.12. The highest BCUT2D eigenvalue weighted by molar-refractivity contribution is 5.86. The normalized spacial score (nSPS) is 13.5. The number of nitrogens with one attached hydrogen (secondary N) is 1. The van der Waals surface area contributed by atoms with E-state index in [4.69, 9.17) is 5.26 Å². The van der Waals surface area contributed by atoms with E-state index in [2.05, 4.69) is 15.2 Å². The number of aromatic nitrogens is 1. The zero-order valence-electron chi connectivity index (χ0n) is 9.13. The van der Waals surface area contributed by atoms with Crippen molar-refractivity contribution in [1.29, 1.82) is 5.26 Å². The standard InChI is InChI=1S/C10H12N4.3ClH/c11-7-9-1-2-10(8-13-9)14-5-3-12-4-6-14;;;/h1-2,8,12H,3-6H2;3*1H. The van der Waals surface area contributed by atoms with E-state index in [0.29, 0.717) is 5.69 Å². The Balaban J connectivity index is 0. The van der Waals surface area contributed by atoms with Gasteiger partial charge in [0, 0.05) is 26.2 Å². The predicted molar refractivity (Wildman–Crippen MR) is 75.8 cm³/mol. The van der Waals surface area contributed by atoms with Gasteiger partial charge in [-0.1, -0.05) is 0 Å². The zero-order chi connectivity index (χ0) is 9.80. The second-order valence-corrected chi connectivity index (χ2v) is 3.25. The molecule has 0 bridgehead atoms. The molecule has 2 heterocycles. The summed E-state index contributed by atoms with van der Waals surface area (Å²) >= 11 is 0. The van der Waals surface area contributed by atoms with Crippen LogP contribution < -0.4 is 10.2 Å². The summed E-state index contributed by atoms with van der Waals surface area (Å²) in [5.41, 5.74) is 1.58. The number of halogens is 3. The van der Waals surface area contributed by atoms with Gasteiger partial charge in [-0.2, -0.15) is 5.26 Å². The SMILES string of the molecule is Cl.Cl.Cl.N#Cc1ccc(N2CCNCC2)cn1. The summed E-state index contributed by atoms with van der Waals surface area (Å²) in [6.45, 7) is 4.04. The van der Waals surface area contributed by atoms with Gasteiger partial charge >= 0.3 is 0 Å². The van der Waals surface area contributed by atoms with Gasteiger partial charge in [-0.15, -0.1) is 37.2 Å². The Morgan fingerprint density at radius 3 is 2.29 bits per heavy atom. The van der Waals surface area contributed by atoms with Crippen LogP contribution in [0.4, 0.5) is 5.69 Å². The van der Waals surface area contributed by atoms with Crippen LogP contribution in [0.15, 0.2) is 18.3 Å². The average molecular weight is 298 g/mol. The van der Waals surface area contributed by atoms with E-state index in [1.165, 1.54) is 0 Å². The third-order valence-electron chi connectivity index (χ3n) is 2.34. The molecule has 0 atom stereocenters. The molecule has 0 amide bonds. The van der Waals surface area contributed by atoms with Crippen LogP contribution in [-0.4, -0.2) is 31.2 Å². The molecule has 4 nitrogen and oxygen atoms in total. The highest BCUT2D eigenvalue weighted by atomic mass is 35.5. The molecule has 2 rings (SSSR count). The minimum absolute atomic E-state index is 0. The number of nitriles is 1. The lowest BCUT2D eigenvalue weighted by molar-refractivity contribution is 0.588. The van der Waals surface area contributed by atoms with E-state index < -0.39 is 0 Å². The van der Waals surface area contributed by atoms with E-state index in [9.17, 15) is 0 Å². The second-order valence-electron chi connectivity index (χ2n) is 3.25. The number of nitrogens with zero attached hydrogens (tertiary/aromatic N) is 3. The molecule has 0 aromatic carbocycles. The summed E-state index contributed by atoms with van der Waals surface area (Å²) < 4.78 is 0. The third kappa shape index (κ3) is 4.97. The van der Waals surface area contributed by atoms with Gasteiger partial charge in [0.15, 0.2) is 0 Å². The van der Waals surface area contributed by atoms with Crippen LogP contribution in [0.25, 0.3) is 0 Å². The van der Waals surface area contributed by atoms with E-state index in [0.717, 1.165) is 31.9 Å². The Morgan fingerprint density at radius 1 is 1.18 bits per heavy atom. The first-order valence-corrected chi connectivity index (χ1v) is 4.72. The molecule has 0 spiro atoms. The maximum atomic E-state index is 8.60. The topological polar surface area (TPSA) is 52.0 Å². The molecule has 1 saturated heterocycles. The van der Waals surface area contributed by atoms with Gasteiger partial charge in [0.2, 0.25) is 0 Å². The molecule has 1 aliphatic rings. The number of pyridine rings is 1. The summed E-state index contributed by atoms with van der Waals surface area (Å²) in [7, 11) is 0. The van der Waals surface area contributed by atoms with Crippen molar-refractivity contribution in [2.45, 2.75) is 0 Å². The lowest BCUT2D eigenvalue weighted by atomic mass is 10.3. The van der Waals surface area contributed by atoms with E-state index in [1.54, 1.807) is 12.3 Å². The number of hydrogen-bond donors (Lipinski definition) is 1. The number of piperazine rings is 1. The van der Waals surface area contributed by atoms with Crippen LogP contribution in [0.3, 0.4) is 0 Å². The molecule has 96 valence electrons. The Kier molecular flexibility index (Phi) is 10.2. The van der Waals surface area contributed by atoms with Gasteiger partial charge in [0.05, 0.1) is 11.9 Å². The van der Waals surface area contributed by atoms with Crippen LogP contribution in [0, 0.1) is 11.3 Å². The Labute approximate surface area is 120 Å². The summed E-state index contributed by atoms with van der Waals surface area (Å²) in [6.07, 6.45) is 1.77.